The number of carboxylic acid groups (broad SMARTS) is 1. The van der Waals surface area contributed by atoms with Gasteiger partial charge in [0.15, 0.2) is 6.17 Å². The van der Waals surface area contributed by atoms with Crippen LogP contribution in [0.4, 0.5) is 9.18 Å². The summed E-state index contributed by atoms with van der Waals surface area (Å²) in [6, 6.07) is 0.571. The first kappa shape index (κ1) is 19.4. The van der Waals surface area contributed by atoms with Crippen molar-refractivity contribution in [2.75, 3.05) is 6.54 Å². The second-order valence-corrected chi connectivity index (χ2v) is 7.96. The molecule has 3 unspecified atom stereocenters. The van der Waals surface area contributed by atoms with Crippen molar-refractivity contribution >= 4 is 27.9 Å². The van der Waals surface area contributed by atoms with E-state index in [0.29, 0.717) is 4.47 Å². The van der Waals surface area contributed by atoms with Gasteiger partial charge in [-0.3, -0.25) is 4.79 Å². The molecule has 0 saturated carbocycles. The van der Waals surface area contributed by atoms with Crippen LogP contribution in [0.5, 0.6) is 5.88 Å². The van der Waals surface area contributed by atoms with Crippen molar-refractivity contribution < 1.29 is 23.8 Å². The Hall–Kier alpha value is -1.90. The lowest BCUT2D eigenvalue weighted by molar-refractivity contribution is -0.0526. The number of ether oxygens (including phenoxy) is 1. The molecule has 0 aliphatic carbocycles. The number of carbonyl (C=O) groups is 2. The van der Waals surface area contributed by atoms with Gasteiger partial charge in [0, 0.05) is 23.6 Å². The topological polar surface area (TPSA) is 106 Å². The Labute approximate surface area is 153 Å². The number of halogens is 2. The molecule has 3 N–H and O–H groups in total. The highest BCUT2D eigenvalue weighted by atomic mass is 79.9. The van der Waals surface area contributed by atoms with Crippen LogP contribution in [0.25, 0.3) is 0 Å². The number of carbonyl (C=O) groups excluding carboxylic acids is 1. The van der Waals surface area contributed by atoms with Crippen molar-refractivity contribution in [2.45, 2.75) is 45.5 Å². The van der Waals surface area contributed by atoms with Crippen LogP contribution in [0.15, 0.2) is 16.7 Å². The Morgan fingerprint density at radius 3 is 2.64 bits per heavy atom. The molecule has 0 aromatic carbocycles. The maximum atomic E-state index is 15.1. The van der Waals surface area contributed by atoms with Gasteiger partial charge in [-0.25, -0.2) is 14.2 Å². The number of alkyl halides is 1. The van der Waals surface area contributed by atoms with E-state index in [0.717, 1.165) is 4.90 Å². The van der Waals surface area contributed by atoms with Crippen molar-refractivity contribution in [2.24, 2.45) is 11.1 Å². The highest BCUT2D eigenvalue weighted by Crippen LogP contribution is 2.36. The van der Waals surface area contributed by atoms with E-state index in [1.807, 2.05) is 0 Å². The summed E-state index contributed by atoms with van der Waals surface area (Å²) in [5.74, 6) is -0.797. The Kier molecular flexibility index (Phi) is 5.55. The SMILES string of the molecule is CC(C)(C)C1C(F)C(Oc2ncc(Br)cc2C(N)=O)CCN1C(=O)O. The van der Waals surface area contributed by atoms with Crippen molar-refractivity contribution in [3.63, 3.8) is 0 Å². The maximum Gasteiger partial charge on any atom is 0.407 e. The van der Waals surface area contributed by atoms with Crippen LogP contribution >= 0.6 is 15.9 Å². The molecule has 1 aromatic rings. The highest BCUT2D eigenvalue weighted by molar-refractivity contribution is 9.10. The number of piperidine rings is 1. The molecule has 138 valence electrons. The van der Waals surface area contributed by atoms with Crippen LogP contribution in [0, 0.1) is 5.41 Å². The molecule has 2 rings (SSSR count). The van der Waals surface area contributed by atoms with E-state index < -0.39 is 35.7 Å². The molecule has 1 saturated heterocycles. The third-order valence-corrected chi connectivity index (χ3v) is 4.56. The minimum absolute atomic E-state index is 0.0366. The van der Waals surface area contributed by atoms with Gasteiger partial charge >= 0.3 is 6.09 Å². The molecule has 25 heavy (non-hydrogen) atoms. The Morgan fingerprint density at radius 1 is 1.48 bits per heavy atom. The van der Waals surface area contributed by atoms with E-state index in [2.05, 4.69) is 20.9 Å². The number of rotatable bonds is 3. The van der Waals surface area contributed by atoms with Crippen molar-refractivity contribution in [1.29, 1.82) is 0 Å². The number of amides is 2. The number of primary amides is 1. The minimum atomic E-state index is -1.57. The van der Waals surface area contributed by atoms with Crippen LogP contribution in [-0.2, 0) is 0 Å². The molecular formula is C16H21BrFN3O4. The standard InChI is InChI=1S/C16H21BrFN3O4/c1-16(2,3)12-11(18)10(4-5-21(12)15(23)24)25-14-9(13(19)22)6-8(17)7-20-14/h6-7,10-12H,4-5H2,1-3H3,(H2,19,22)(H,23,24). The maximum absolute atomic E-state index is 15.1. The van der Waals surface area contributed by atoms with Crippen molar-refractivity contribution in [3.8, 4) is 5.88 Å². The molecule has 0 radical (unpaired) electrons. The molecule has 9 heteroatoms. The van der Waals surface area contributed by atoms with E-state index in [9.17, 15) is 14.7 Å². The normalized spacial score (nSPS) is 24.0. The Bertz CT molecular complexity index is 680. The first-order valence-electron chi connectivity index (χ1n) is 7.78. The summed E-state index contributed by atoms with van der Waals surface area (Å²) in [7, 11) is 0. The number of aromatic nitrogens is 1. The number of likely N-dealkylation sites (tertiary alicyclic amines) is 1. The molecule has 7 nitrogen and oxygen atoms in total. The van der Waals surface area contributed by atoms with Gasteiger partial charge < -0.3 is 20.5 Å². The average Bonchev–Trinajstić information content (AvgIpc) is 2.48. The molecule has 2 heterocycles. The van der Waals surface area contributed by atoms with E-state index in [1.54, 1.807) is 20.8 Å². The molecule has 1 aliphatic rings. The molecule has 1 fully saturated rings. The third kappa shape index (κ3) is 4.20. The number of hydrogen-bond acceptors (Lipinski definition) is 4. The Balaban J connectivity index is 2.30. The zero-order chi connectivity index (χ0) is 18.9. The molecule has 1 aromatic heterocycles. The predicted octanol–water partition coefficient (Wildman–Crippen LogP) is 2.83. The number of nitrogens with zero attached hydrogens (tertiary/aromatic N) is 2. The van der Waals surface area contributed by atoms with Crippen molar-refractivity contribution in [1.82, 2.24) is 9.88 Å². The van der Waals surface area contributed by atoms with E-state index in [1.165, 1.54) is 12.3 Å². The lowest BCUT2D eigenvalue weighted by atomic mass is 9.78. The van der Waals surface area contributed by atoms with Gasteiger partial charge in [0.05, 0.1) is 6.04 Å². The largest absolute Gasteiger partial charge is 0.471 e. The Morgan fingerprint density at radius 2 is 2.12 bits per heavy atom. The predicted molar refractivity (Wildman–Crippen MR) is 92.4 cm³/mol. The molecule has 3 atom stereocenters. The van der Waals surface area contributed by atoms with Crippen LogP contribution in [0.2, 0.25) is 0 Å². The van der Waals surface area contributed by atoms with Crippen LogP contribution in [0.1, 0.15) is 37.6 Å². The monoisotopic (exact) mass is 417 g/mol. The van der Waals surface area contributed by atoms with E-state index in [-0.39, 0.29) is 24.4 Å². The quantitative estimate of drug-likeness (QED) is 0.786. The fourth-order valence-electron chi connectivity index (χ4n) is 3.06. The summed E-state index contributed by atoms with van der Waals surface area (Å²) in [5, 5.41) is 9.35. The van der Waals surface area contributed by atoms with Crippen LogP contribution in [-0.4, -0.2) is 51.9 Å². The third-order valence-electron chi connectivity index (χ3n) is 4.13. The summed E-state index contributed by atoms with van der Waals surface area (Å²) in [5.41, 5.74) is 4.73. The van der Waals surface area contributed by atoms with Gasteiger partial charge in [0.25, 0.3) is 5.91 Å². The van der Waals surface area contributed by atoms with Crippen molar-refractivity contribution in [3.05, 3.63) is 22.3 Å². The summed E-state index contributed by atoms with van der Waals surface area (Å²) in [6.07, 6.45) is -2.10. The van der Waals surface area contributed by atoms with Crippen LogP contribution in [0.3, 0.4) is 0 Å². The summed E-state index contributed by atoms with van der Waals surface area (Å²) >= 11 is 3.19. The second kappa shape index (κ2) is 7.15. The van der Waals surface area contributed by atoms with Gasteiger partial charge in [0.1, 0.15) is 11.7 Å². The van der Waals surface area contributed by atoms with E-state index in [4.69, 9.17) is 10.5 Å². The zero-order valence-electron chi connectivity index (χ0n) is 14.2. The van der Waals surface area contributed by atoms with Gasteiger partial charge in [-0.15, -0.1) is 0 Å². The highest BCUT2D eigenvalue weighted by Gasteiger charge is 2.47. The first-order chi connectivity index (χ1) is 11.5. The summed E-state index contributed by atoms with van der Waals surface area (Å²) in [4.78, 5) is 28.1. The second-order valence-electron chi connectivity index (χ2n) is 7.05. The first-order valence-corrected chi connectivity index (χ1v) is 8.57. The number of pyridine rings is 1. The number of hydrogen-bond donors (Lipinski definition) is 2. The molecule has 1 aliphatic heterocycles. The van der Waals surface area contributed by atoms with Gasteiger partial charge in [0.2, 0.25) is 5.88 Å². The molecule has 0 spiro atoms. The smallest absolute Gasteiger partial charge is 0.407 e. The minimum Gasteiger partial charge on any atom is -0.471 e. The number of nitrogens with two attached hydrogens (primary N) is 1. The van der Waals surface area contributed by atoms with Gasteiger partial charge in [-0.2, -0.15) is 0 Å². The zero-order valence-corrected chi connectivity index (χ0v) is 15.8. The fourth-order valence-corrected chi connectivity index (χ4v) is 3.40. The molecule has 0 bridgehead atoms. The lowest BCUT2D eigenvalue weighted by Crippen LogP contribution is -2.60. The summed E-state index contributed by atoms with van der Waals surface area (Å²) in [6.45, 7) is 5.45. The van der Waals surface area contributed by atoms with Crippen LogP contribution < -0.4 is 10.5 Å². The molecule has 2 amide bonds. The van der Waals surface area contributed by atoms with Gasteiger partial charge in [-0.05, 0) is 27.4 Å². The van der Waals surface area contributed by atoms with E-state index >= 15 is 4.39 Å². The fraction of sp³-hybridized carbons (Fsp3) is 0.562. The summed E-state index contributed by atoms with van der Waals surface area (Å²) < 4.78 is 21.3. The lowest BCUT2D eigenvalue weighted by Gasteiger charge is -2.46. The van der Waals surface area contributed by atoms with Gasteiger partial charge in [-0.1, -0.05) is 20.8 Å². The average molecular weight is 418 g/mol. The molecular weight excluding hydrogens is 397 g/mol.